The number of halogens is 1. The first-order valence-electron chi connectivity index (χ1n) is 9.69. The first kappa shape index (κ1) is 21.7. The summed E-state index contributed by atoms with van der Waals surface area (Å²) in [6.45, 7) is 4.79. The Bertz CT molecular complexity index is 959. The van der Waals surface area contributed by atoms with Crippen molar-refractivity contribution < 1.29 is 19.0 Å². The van der Waals surface area contributed by atoms with Crippen LogP contribution in [0.15, 0.2) is 77.3 Å². The zero-order valence-corrected chi connectivity index (χ0v) is 18.5. The lowest BCUT2D eigenvalue weighted by molar-refractivity contribution is 0.102. The Hall–Kier alpha value is -2.99. The lowest BCUT2D eigenvalue weighted by Gasteiger charge is -2.13. The third-order valence-corrected chi connectivity index (χ3v) is 4.65. The van der Waals surface area contributed by atoms with Gasteiger partial charge in [-0.15, -0.1) is 0 Å². The molecule has 30 heavy (non-hydrogen) atoms. The van der Waals surface area contributed by atoms with Crippen LogP contribution < -0.4 is 19.5 Å². The van der Waals surface area contributed by atoms with Gasteiger partial charge >= 0.3 is 0 Å². The average molecular weight is 470 g/mol. The number of nitrogens with one attached hydrogen (secondary N) is 1. The molecule has 156 valence electrons. The average Bonchev–Trinajstić information content (AvgIpc) is 2.74. The summed E-state index contributed by atoms with van der Waals surface area (Å²) in [7, 11) is 0. The van der Waals surface area contributed by atoms with E-state index in [1.165, 1.54) is 0 Å². The van der Waals surface area contributed by atoms with Crippen molar-refractivity contribution in [2.75, 3.05) is 18.5 Å². The maximum Gasteiger partial charge on any atom is 0.255 e. The number of para-hydroxylation sites is 1. The third-order valence-electron chi connectivity index (χ3n) is 4.03. The molecule has 6 heteroatoms. The van der Waals surface area contributed by atoms with Gasteiger partial charge < -0.3 is 19.5 Å². The Morgan fingerprint density at radius 3 is 2.13 bits per heavy atom. The molecule has 0 aliphatic rings. The molecular formula is C24H24BrNO4. The Kier molecular flexibility index (Phi) is 7.74. The van der Waals surface area contributed by atoms with Crippen molar-refractivity contribution >= 4 is 27.5 Å². The molecule has 3 aromatic carbocycles. The number of rotatable bonds is 9. The third kappa shape index (κ3) is 6.52. The highest BCUT2D eigenvalue weighted by molar-refractivity contribution is 9.10. The van der Waals surface area contributed by atoms with Gasteiger partial charge in [-0.1, -0.05) is 18.2 Å². The second kappa shape index (κ2) is 10.7. The minimum atomic E-state index is -0.197. The fraction of sp³-hybridized carbons (Fsp3) is 0.208. The largest absolute Gasteiger partial charge is 0.490 e. The van der Waals surface area contributed by atoms with E-state index in [0.29, 0.717) is 36.0 Å². The molecule has 0 unspecified atom stereocenters. The van der Waals surface area contributed by atoms with Gasteiger partial charge in [0.25, 0.3) is 5.91 Å². The smallest absolute Gasteiger partial charge is 0.255 e. The predicted molar refractivity (Wildman–Crippen MR) is 122 cm³/mol. The highest BCUT2D eigenvalue weighted by Crippen LogP contribution is 2.27. The van der Waals surface area contributed by atoms with Gasteiger partial charge in [-0.25, -0.2) is 0 Å². The van der Waals surface area contributed by atoms with Gasteiger partial charge in [-0.2, -0.15) is 0 Å². The Morgan fingerprint density at radius 2 is 1.53 bits per heavy atom. The first-order chi connectivity index (χ1) is 14.5. The Morgan fingerprint density at radius 1 is 0.900 bits per heavy atom. The van der Waals surface area contributed by atoms with Gasteiger partial charge in [0.15, 0.2) is 0 Å². The maximum atomic E-state index is 12.5. The Labute approximate surface area is 185 Å². The van der Waals surface area contributed by atoms with E-state index >= 15 is 0 Å². The zero-order chi connectivity index (χ0) is 21.3. The van der Waals surface area contributed by atoms with E-state index in [-0.39, 0.29) is 12.0 Å². The quantitative estimate of drug-likeness (QED) is 0.393. The number of anilines is 1. The summed E-state index contributed by atoms with van der Waals surface area (Å²) in [6, 6.07) is 22.1. The van der Waals surface area contributed by atoms with Gasteiger partial charge in [-0.05, 0) is 84.4 Å². The number of amides is 1. The normalized spacial score (nSPS) is 10.5. The summed E-state index contributed by atoms with van der Waals surface area (Å²) in [5.41, 5.74) is 1.22. The summed E-state index contributed by atoms with van der Waals surface area (Å²) >= 11 is 3.45. The van der Waals surface area contributed by atoms with Crippen molar-refractivity contribution in [3.05, 3.63) is 82.8 Å². The highest BCUT2D eigenvalue weighted by atomic mass is 79.9. The van der Waals surface area contributed by atoms with Crippen molar-refractivity contribution in [2.45, 2.75) is 20.0 Å². The fourth-order valence-corrected chi connectivity index (χ4v) is 3.14. The molecule has 0 saturated heterocycles. The molecule has 3 aromatic rings. The van der Waals surface area contributed by atoms with Crippen LogP contribution >= 0.6 is 15.9 Å². The van der Waals surface area contributed by atoms with Crippen molar-refractivity contribution in [2.24, 2.45) is 0 Å². The predicted octanol–water partition coefficient (Wildman–Crippen LogP) is 5.95. The summed E-state index contributed by atoms with van der Waals surface area (Å²) < 4.78 is 17.7. The molecule has 0 aliphatic carbocycles. The van der Waals surface area contributed by atoms with Crippen LogP contribution in [0.3, 0.4) is 0 Å². The van der Waals surface area contributed by atoms with Gasteiger partial charge in [0.05, 0.1) is 10.6 Å². The number of hydrogen-bond acceptors (Lipinski definition) is 4. The molecule has 5 nitrogen and oxygen atoms in total. The second-order valence-corrected chi connectivity index (χ2v) is 7.65. The monoisotopic (exact) mass is 469 g/mol. The molecule has 0 aliphatic heterocycles. The van der Waals surface area contributed by atoms with Crippen LogP contribution in [0.2, 0.25) is 0 Å². The molecule has 0 aromatic heterocycles. The van der Waals surface area contributed by atoms with E-state index in [1.807, 2.05) is 56.3 Å². The van der Waals surface area contributed by atoms with Crippen molar-refractivity contribution in [1.82, 2.24) is 0 Å². The molecule has 1 N–H and O–H groups in total. The standard InChI is InChI=1S/C24H24BrNO4/c1-17(2)30-23-13-8-18(16-22(23)25)24(27)26-19-9-11-21(12-10-19)29-15-14-28-20-6-4-3-5-7-20/h3-13,16-17H,14-15H2,1-2H3,(H,26,27). The second-order valence-electron chi connectivity index (χ2n) is 6.80. The van der Waals surface area contributed by atoms with Gasteiger partial charge in [0, 0.05) is 11.3 Å². The molecule has 3 rings (SSSR count). The summed E-state index contributed by atoms with van der Waals surface area (Å²) in [5, 5.41) is 2.88. The fourth-order valence-electron chi connectivity index (χ4n) is 2.67. The van der Waals surface area contributed by atoms with Gasteiger partial charge in [0.2, 0.25) is 0 Å². The molecule has 0 atom stereocenters. The zero-order valence-electron chi connectivity index (χ0n) is 16.9. The molecular weight excluding hydrogens is 446 g/mol. The molecule has 0 bridgehead atoms. The van der Waals surface area contributed by atoms with E-state index in [4.69, 9.17) is 14.2 Å². The van der Waals surface area contributed by atoms with Crippen LogP contribution in [-0.4, -0.2) is 25.2 Å². The lowest BCUT2D eigenvalue weighted by atomic mass is 10.2. The van der Waals surface area contributed by atoms with E-state index in [0.717, 1.165) is 10.2 Å². The number of hydrogen-bond donors (Lipinski definition) is 1. The van der Waals surface area contributed by atoms with Crippen LogP contribution in [0.1, 0.15) is 24.2 Å². The summed E-state index contributed by atoms with van der Waals surface area (Å²) in [6.07, 6.45) is 0.0617. The minimum Gasteiger partial charge on any atom is -0.490 e. The van der Waals surface area contributed by atoms with Crippen molar-refractivity contribution in [3.63, 3.8) is 0 Å². The minimum absolute atomic E-state index is 0.0617. The Balaban J connectivity index is 1.49. The summed E-state index contributed by atoms with van der Waals surface area (Å²) in [5.74, 6) is 2.04. The highest BCUT2D eigenvalue weighted by Gasteiger charge is 2.10. The van der Waals surface area contributed by atoms with E-state index < -0.39 is 0 Å². The molecule has 0 radical (unpaired) electrons. The van der Waals surface area contributed by atoms with Gasteiger partial charge in [0.1, 0.15) is 30.5 Å². The van der Waals surface area contributed by atoms with Crippen LogP contribution in [-0.2, 0) is 0 Å². The summed E-state index contributed by atoms with van der Waals surface area (Å²) in [4.78, 5) is 12.5. The van der Waals surface area contributed by atoms with Crippen LogP contribution in [0.5, 0.6) is 17.2 Å². The first-order valence-corrected chi connectivity index (χ1v) is 10.5. The number of carbonyl (C=O) groups excluding carboxylic acids is 1. The van der Waals surface area contributed by atoms with Crippen molar-refractivity contribution in [3.8, 4) is 17.2 Å². The lowest BCUT2D eigenvalue weighted by Crippen LogP contribution is -2.12. The molecule has 1 amide bonds. The van der Waals surface area contributed by atoms with Crippen LogP contribution in [0.4, 0.5) is 5.69 Å². The molecule has 0 spiro atoms. The topological polar surface area (TPSA) is 56.8 Å². The molecule has 0 fully saturated rings. The number of benzene rings is 3. The van der Waals surface area contributed by atoms with E-state index in [1.54, 1.807) is 30.3 Å². The van der Waals surface area contributed by atoms with Crippen LogP contribution in [0.25, 0.3) is 0 Å². The van der Waals surface area contributed by atoms with E-state index in [9.17, 15) is 4.79 Å². The molecule has 0 saturated carbocycles. The molecule has 0 heterocycles. The number of ether oxygens (including phenoxy) is 3. The van der Waals surface area contributed by atoms with E-state index in [2.05, 4.69) is 21.2 Å². The maximum absolute atomic E-state index is 12.5. The van der Waals surface area contributed by atoms with Gasteiger partial charge in [-0.3, -0.25) is 4.79 Å². The SMILES string of the molecule is CC(C)Oc1ccc(C(=O)Nc2ccc(OCCOc3ccccc3)cc2)cc1Br. The number of carbonyl (C=O) groups is 1. The van der Waals surface area contributed by atoms with Crippen LogP contribution in [0, 0.1) is 0 Å². The van der Waals surface area contributed by atoms with Crippen molar-refractivity contribution in [1.29, 1.82) is 0 Å².